The summed E-state index contributed by atoms with van der Waals surface area (Å²) in [5.74, 6) is 0. The first-order valence-corrected chi connectivity index (χ1v) is 4.97. The molecule has 0 amide bonds. The van der Waals surface area contributed by atoms with E-state index in [1.807, 2.05) is 0 Å². The fraction of sp³-hybridized carbons (Fsp3) is 0. The summed E-state index contributed by atoms with van der Waals surface area (Å²) in [4.78, 5) is 10.4. The van der Waals surface area contributed by atoms with Gasteiger partial charge in [0.05, 0.1) is 10.5 Å². The maximum Gasteiger partial charge on any atom is 0.277 e. The Morgan fingerprint density at radius 3 is 2.69 bits per heavy atom. The molecular formula is C12H7ClNO2. The number of benzene rings is 2. The van der Waals surface area contributed by atoms with Gasteiger partial charge >= 0.3 is 0 Å². The number of hydrogen-bond donors (Lipinski definition) is 0. The van der Waals surface area contributed by atoms with E-state index in [1.54, 1.807) is 30.3 Å². The molecule has 0 saturated carbocycles. The van der Waals surface area contributed by atoms with E-state index < -0.39 is 4.92 Å². The van der Waals surface area contributed by atoms with E-state index in [-0.39, 0.29) is 5.69 Å². The second-order valence-electron chi connectivity index (χ2n) is 3.19. The van der Waals surface area contributed by atoms with E-state index in [0.717, 1.165) is 0 Å². The molecule has 16 heavy (non-hydrogen) atoms. The van der Waals surface area contributed by atoms with Crippen LogP contribution in [-0.4, -0.2) is 4.92 Å². The van der Waals surface area contributed by atoms with E-state index in [0.29, 0.717) is 16.1 Å². The summed E-state index contributed by atoms with van der Waals surface area (Å²) in [6, 6.07) is 14.5. The van der Waals surface area contributed by atoms with Crippen LogP contribution in [0.3, 0.4) is 0 Å². The van der Waals surface area contributed by atoms with Gasteiger partial charge in [-0.15, -0.1) is 0 Å². The Labute approximate surface area is 97.4 Å². The number of hydrogen-bond acceptors (Lipinski definition) is 2. The van der Waals surface area contributed by atoms with Crippen molar-refractivity contribution in [2.45, 2.75) is 0 Å². The lowest BCUT2D eigenvalue weighted by Crippen LogP contribution is -1.91. The Kier molecular flexibility index (Phi) is 2.88. The highest BCUT2D eigenvalue weighted by atomic mass is 35.5. The lowest BCUT2D eigenvalue weighted by Gasteiger charge is -2.02. The van der Waals surface area contributed by atoms with Gasteiger partial charge in [-0.05, 0) is 23.8 Å². The summed E-state index contributed by atoms with van der Waals surface area (Å²) in [5.41, 5.74) is 1.18. The van der Waals surface area contributed by atoms with Crippen molar-refractivity contribution in [2.24, 2.45) is 0 Å². The highest BCUT2D eigenvalue weighted by Crippen LogP contribution is 2.31. The van der Waals surface area contributed by atoms with Gasteiger partial charge in [-0.1, -0.05) is 35.9 Å². The number of nitrogens with zero attached hydrogens (tertiary/aromatic N) is 1. The Morgan fingerprint density at radius 2 is 2.06 bits per heavy atom. The van der Waals surface area contributed by atoms with Crippen LogP contribution in [0.4, 0.5) is 5.69 Å². The van der Waals surface area contributed by atoms with Gasteiger partial charge in [-0.25, -0.2) is 0 Å². The van der Waals surface area contributed by atoms with Gasteiger partial charge in [0, 0.05) is 11.1 Å². The first kappa shape index (κ1) is 10.6. The zero-order valence-electron chi connectivity index (χ0n) is 8.18. The zero-order chi connectivity index (χ0) is 11.5. The Bertz CT molecular complexity index is 526. The second-order valence-corrected chi connectivity index (χ2v) is 3.63. The molecule has 0 heterocycles. The molecule has 0 saturated heterocycles. The summed E-state index contributed by atoms with van der Waals surface area (Å²) in [5, 5.41) is 11.3. The fourth-order valence-electron chi connectivity index (χ4n) is 1.44. The van der Waals surface area contributed by atoms with Gasteiger partial charge in [0.2, 0.25) is 0 Å². The van der Waals surface area contributed by atoms with Gasteiger partial charge < -0.3 is 0 Å². The molecule has 0 fully saturated rings. The summed E-state index contributed by atoms with van der Waals surface area (Å²) >= 11 is 5.83. The van der Waals surface area contributed by atoms with E-state index in [1.165, 1.54) is 12.1 Å². The molecule has 79 valence electrons. The summed E-state index contributed by atoms with van der Waals surface area (Å²) < 4.78 is 0. The van der Waals surface area contributed by atoms with Crippen LogP contribution in [-0.2, 0) is 0 Å². The maximum absolute atomic E-state index is 10.9. The predicted octanol–water partition coefficient (Wildman–Crippen LogP) is 3.72. The van der Waals surface area contributed by atoms with Gasteiger partial charge in [0.25, 0.3) is 5.69 Å². The first-order chi connectivity index (χ1) is 7.68. The van der Waals surface area contributed by atoms with Crippen LogP contribution >= 0.6 is 11.6 Å². The topological polar surface area (TPSA) is 43.1 Å². The molecule has 4 heteroatoms. The standard InChI is InChI=1S/C12H7ClNO2/c13-10-6-7-12(14(15)16)11(8-10)9-4-2-1-3-5-9/h1-4,6-8H. The average molecular weight is 233 g/mol. The van der Waals surface area contributed by atoms with E-state index >= 15 is 0 Å². The minimum atomic E-state index is -0.424. The molecule has 2 aromatic carbocycles. The minimum Gasteiger partial charge on any atom is -0.258 e. The third-order valence-corrected chi connectivity index (χ3v) is 2.39. The van der Waals surface area contributed by atoms with Gasteiger partial charge in [0.15, 0.2) is 0 Å². The molecule has 3 nitrogen and oxygen atoms in total. The Morgan fingerprint density at radius 1 is 1.25 bits per heavy atom. The van der Waals surface area contributed by atoms with Crippen LogP contribution in [0.25, 0.3) is 11.1 Å². The van der Waals surface area contributed by atoms with Crippen molar-refractivity contribution in [3.8, 4) is 11.1 Å². The molecule has 0 bridgehead atoms. The molecule has 0 unspecified atom stereocenters. The fourth-order valence-corrected chi connectivity index (χ4v) is 1.62. The Balaban J connectivity index is 2.63. The molecule has 2 aromatic rings. The molecule has 0 aliphatic rings. The molecule has 0 N–H and O–H groups in total. The zero-order valence-corrected chi connectivity index (χ0v) is 8.94. The van der Waals surface area contributed by atoms with E-state index in [2.05, 4.69) is 6.07 Å². The van der Waals surface area contributed by atoms with Crippen molar-refractivity contribution in [1.82, 2.24) is 0 Å². The number of halogens is 1. The van der Waals surface area contributed by atoms with E-state index in [9.17, 15) is 10.1 Å². The SMILES string of the molecule is O=[N+]([O-])c1ccc(Cl)cc1-c1[c]cccc1. The van der Waals surface area contributed by atoms with Gasteiger partial charge in [0.1, 0.15) is 0 Å². The van der Waals surface area contributed by atoms with E-state index in [4.69, 9.17) is 11.6 Å². The largest absolute Gasteiger partial charge is 0.277 e. The Hall–Kier alpha value is -1.87. The van der Waals surface area contributed by atoms with Crippen molar-refractivity contribution in [1.29, 1.82) is 0 Å². The monoisotopic (exact) mass is 232 g/mol. The first-order valence-electron chi connectivity index (χ1n) is 4.59. The molecule has 0 aliphatic heterocycles. The molecular weight excluding hydrogens is 226 g/mol. The van der Waals surface area contributed by atoms with Crippen molar-refractivity contribution in [2.75, 3.05) is 0 Å². The normalized spacial score (nSPS) is 10.1. The number of nitro benzene ring substituents is 1. The van der Waals surface area contributed by atoms with Gasteiger partial charge in [-0.3, -0.25) is 10.1 Å². The summed E-state index contributed by atoms with van der Waals surface area (Å²) in [7, 11) is 0. The highest BCUT2D eigenvalue weighted by Gasteiger charge is 2.15. The molecule has 1 radical (unpaired) electrons. The average Bonchev–Trinajstić information content (AvgIpc) is 2.29. The highest BCUT2D eigenvalue weighted by molar-refractivity contribution is 6.31. The molecule has 0 atom stereocenters. The quantitative estimate of drug-likeness (QED) is 0.585. The van der Waals surface area contributed by atoms with Crippen LogP contribution in [0.1, 0.15) is 0 Å². The maximum atomic E-state index is 10.9. The molecule has 0 spiro atoms. The van der Waals surface area contributed by atoms with Crippen LogP contribution in [0, 0.1) is 16.2 Å². The number of nitro groups is 1. The summed E-state index contributed by atoms with van der Waals surface area (Å²) in [6.07, 6.45) is 0. The van der Waals surface area contributed by atoms with Crippen LogP contribution in [0.2, 0.25) is 5.02 Å². The van der Waals surface area contributed by atoms with Gasteiger partial charge in [-0.2, -0.15) is 0 Å². The van der Waals surface area contributed by atoms with Crippen molar-refractivity contribution < 1.29 is 4.92 Å². The minimum absolute atomic E-state index is 0.0341. The molecule has 0 aromatic heterocycles. The summed E-state index contributed by atoms with van der Waals surface area (Å²) in [6.45, 7) is 0. The van der Waals surface area contributed by atoms with Crippen LogP contribution in [0.5, 0.6) is 0 Å². The van der Waals surface area contributed by atoms with Crippen LogP contribution in [0.15, 0.2) is 42.5 Å². The lowest BCUT2D eigenvalue weighted by atomic mass is 10.0. The number of rotatable bonds is 2. The van der Waals surface area contributed by atoms with Crippen molar-refractivity contribution in [3.05, 3.63) is 63.7 Å². The van der Waals surface area contributed by atoms with Crippen molar-refractivity contribution in [3.63, 3.8) is 0 Å². The smallest absolute Gasteiger partial charge is 0.258 e. The van der Waals surface area contributed by atoms with Crippen molar-refractivity contribution >= 4 is 17.3 Å². The lowest BCUT2D eigenvalue weighted by molar-refractivity contribution is -0.384. The molecule has 0 aliphatic carbocycles. The third-order valence-electron chi connectivity index (χ3n) is 2.15. The predicted molar refractivity (Wildman–Crippen MR) is 62.4 cm³/mol. The molecule has 2 rings (SSSR count). The van der Waals surface area contributed by atoms with Crippen LogP contribution < -0.4 is 0 Å². The second kappa shape index (κ2) is 4.33. The third kappa shape index (κ3) is 2.04.